The molecular formula is C35H26IrN2-2. The second-order valence-electron chi connectivity index (χ2n) is 8.62. The summed E-state index contributed by atoms with van der Waals surface area (Å²) in [5, 5.41) is 0. The maximum Gasteiger partial charge on any atom is 0.0190 e. The second kappa shape index (κ2) is 13.4. The summed E-state index contributed by atoms with van der Waals surface area (Å²) in [6, 6.07) is 49.5. The van der Waals surface area contributed by atoms with Crippen molar-refractivity contribution in [2.75, 3.05) is 0 Å². The van der Waals surface area contributed by atoms with Crippen LogP contribution in [0.3, 0.4) is 0 Å². The van der Waals surface area contributed by atoms with E-state index >= 15 is 0 Å². The Morgan fingerprint density at radius 1 is 0.553 bits per heavy atom. The van der Waals surface area contributed by atoms with Gasteiger partial charge in [-0.15, -0.1) is 71.3 Å². The van der Waals surface area contributed by atoms with Crippen LogP contribution < -0.4 is 0 Å². The predicted molar refractivity (Wildman–Crippen MR) is 153 cm³/mol. The normalized spacial score (nSPS) is 10.0. The van der Waals surface area contributed by atoms with E-state index in [1.807, 2.05) is 73.9 Å². The molecule has 2 aromatic heterocycles. The van der Waals surface area contributed by atoms with E-state index in [-0.39, 0.29) is 20.1 Å². The SMILES string of the molecule is Cc1ccc(-c2[c-]cccc2)nc1.[Ir].[c-]1ccc(-c2ccccc2)cc1-c1ncccc1-c1ccccc1. The molecule has 3 heteroatoms. The van der Waals surface area contributed by atoms with Gasteiger partial charge in [-0.05, 0) is 46.6 Å². The van der Waals surface area contributed by atoms with Crippen molar-refractivity contribution in [3.05, 3.63) is 157 Å². The van der Waals surface area contributed by atoms with E-state index in [2.05, 4.69) is 94.9 Å². The standard InChI is InChI=1S/C23H16N.C12H10N.Ir/c1-3-9-18(10-4-1)20-13-7-14-21(17-20)23-22(15-8-16-24-23)19-11-5-2-6-12-19;1-10-7-8-12(13-9-10)11-5-3-2-4-6-11;/h1-13,15-17H;2-5,7-9H,1H3;/q2*-1;. The van der Waals surface area contributed by atoms with Crippen LogP contribution in [0, 0.1) is 19.1 Å². The Morgan fingerprint density at radius 3 is 1.95 bits per heavy atom. The molecule has 0 spiro atoms. The van der Waals surface area contributed by atoms with Gasteiger partial charge in [0.2, 0.25) is 0 Å². The fraction of sp³-hybridized carbons (Fsp3) is 0.0286. The molecule has 2 nitrogen and oxygen atoms in total. The molecule has 0 bridgehead atoms. The van der Waals surface area contributed by atoms with Gasteiger partial charge in [-0.2, -0.15) is 0 Å². The summed E-state index contributed by atoms with van der Waals surface area (Å²) >= 11 is 0. The first kappa shape index (κ1) is 26.9. The molecular weight excluding hydrogens is 641 g/mol. The van der Waals surface area contributed by atoms with Crippen molar-refractivity contribution in [2.24, 2.45) is 0 Å². The van der Waals surface area contributed by atoms with Gasteiger partial charge in [-0.1, -0.05) is 78.9 Å². The third-order valence-corrected chi connectivity index (χ3v) is 5.95. The Morgan fingerprint density at radius 2 is 1.26 bits per heavy atom. The molecule has 0 N–H and O–H groups in total. The maximum absolute atomic E-state index is 4.63. The monoisotopic (exact) mass is 667 g/mol. The van der Waals surface area contributed by atoms with E-state index in [0.717, 1.165) is 28.1 Å². The number of pyridine rings is 2. The number of rotatable bonds is 4. The fourth-order valence-corrected chi connectivity index (χ4v) is 4.06. The van der Waals surface area contributed by atoms with Crippen molar-refractivity contribution >= 4 is 0 Å². The maximum atomic E-state index is 4.63. The summed E-state index contributed by atoms with van der Waals surface area (Å²) < 4.78 is 0. The minimum Gasteiger partial charge on any atom is -0.304 e. The van der Waals surface area contributed by atoms with Crippen LogP contribution in [-0.4, -0.2) is 9.97 Å². The van der Waals surface area contributed by atoms with E-state index in [1.165, 1.54) is 22.3 Å². The summed E-state index contributed by atoms with van der Waals surface area (Å²) in [5.41, 5.74) is 9.84. The van der Waals surface area contributed by atoms with Crippen molar-refractivity contribution in [3.63, 3.8) is 0 Å². The molecule has 0 atom stereocenters. The zero-order chi connectivity index (χ0) is 25.3. The third kappa shape index (κ3) is 6.77. The predicted octanol–water partition coefficient (Wildman–Crippen LogP) is 8.74. The van der Waals surface area contributed by atoms with E-state index in [1.54, 1.807) is 0 Å². The van der Waals surface area contributed by atoms with Crippen LogP contribution >= 0.6 is 0 Å². The van der Waals surface area contributed by atoms with Crippen LogP contribution in [0.2, 0.25) is 0 Å². The Balaban J connectivity index is 0.000000204. The van der Waals surface area contributed by atoms with E-state index < -0.39 is 0 Å². The molecule has 0 amide bonds. The molecule has 0 aliphatic rings. The van der Waals surface area contributed by atoms with Crippen LogP contribution in [0.15, 0.2) is 140 Å². The number of hydrogen-bond donors (Lipinski definition) is 0. The Labute approximate surface area is 238 Å². The van der Waals surface area contributed by atoms with Crippen LogP contribution in [0.1, 0.15) is 5.56 Å². The summed E-state index contributed by atoms with van der Waals surface area (Å²) in [4.78, 5) is 8.95. The van der Waals surface area contributed by atoms with Crippen molar-refractivity contribution in [1.82, 2.24) is 9.97 Å². The summed E-state index contributed by atoms with van der Waals surface area (Å²) in [6.07, 6.45) is 3.71. The van der Waals surface area contributed by atoms with Gasteiger partial charge in [0.1, 0.15) is 0 Å². The van der Waals surface area contributed by atoms with Gasteiger partial charge in [0.05, 0.1) is 0 Å². The number of hydrogen-bond acceptors (Lipinski definition) is 2. The first-order valence-corrected chi connectivity index (χ1v) is 12.3. The first-order valence-electron chi connectivity index (χ1n) is 12.3. The fourth-order valence-electron chi connectivity index (χ4n) is 4.06. The Kier molecular flexibility index (Phi) is 9.48. The van der Waals surface area contributed by atoms with Crippen molar-refractivity contribution in [3.8, 4) is 44.8 Å². The molecule has 0 fully saturated rings. The average Bonchev–Trinajstić information content (AvgIpc) is 2.99. The average molecular weight is 667 g/mol. The zero-order valence-corrected chi connectivity index (χ0v) is 23.4. The Bertz CT molecular complexity index is 1550. The quantitative estimate of drug-likeness (QED) is 0.176. The van der Waals surface area contributed by atoms with Crippen molar-refractivity contribution < 1.29 is 20.1 Å². The second-order valence-corrected chi connectivity index (χ2v) is 8.62. The van der Waals surface area contributed by atoms with Crippen molar-refractivity contribution in [2.45, 2.75) is 6.92 Å². The van der Waals surface area contributed by atoms with Gasteiger partial charge in [0.15, 0.2) is 0 Å². The van der Waals surface area contributed by atoms with E-state index in [0.29, 0.717) is 0 Å². The molecule has 0 saturated heterocycles. The zero-order valence-electron chi connectivity index (χ0n) is 21.0. The molecule has 0 aliphatic carbocycles. The first-order chi connectivity index (χ1) is 18.3. The largest absolute Gasteiger partial charge is 0.304 e. The molecule has 0 unspecified atom stereocenters. The van der Waals surface area contributed by atoms with Gasteiger partial charge < -0.3 is 9.97 Å². The van der Waals surface area contributed by atoms with E-state index in [4.69, 9.17) is 0 Å². The summed E-state index contributed by atoms with van der Waals surface area (Å²) in [5.74, 6) is 0. The molecule has 0 aliphatic heterocycles. The number of aromatic nitrogens is 2. The molecule has 4 aromatic carbocycles. The smallest absolute Gasteiger partial charge is 0.0190 e. The van der Waals surface area contributed by atoms with Gasteiger partial charge in [0, 0.05) is 32.5 Å². The van der Waals surface area contributed by atoms with Gasteiger partial charge in [-0.3, -0.25) is 0 Å². The Hall–Kier alpha value is -4.17. The summed E-state index contributed by atoms with van der Waals surface area (Å²) in [6.45, 7) is 2.03. The summed E-state index contributed by atoms with van der Waals surface area (Å²) in [7, 11) is 0. The van der Waals surface area contributed by atoms with Gasteiger partial charge in [-0.25, -0.2) is 0 Å². The molecule has 38 heavy (non-hydrogen) atoms. The van der Waals surface area contributed by atoms with E-state index in [9.17, 15) is 0 Å². The number of nitrogens with zero attached hydrogens (tertiary/aromatic N) is 2. The topological polar surface area (TPSA) is 25.8 Å². The molecule has 1 radical (unpaired) electrons. The molecule has 0 saturated carbocycles. The third-order valence-electron chi connectivity index (χ3n) is 5.95. The van der Waals surface area contributed by atoms with Crippen LogP contribution in [0.25, 0.3) is 44.8 Å². The van der Waals surface area contributed by atoms with Gasteiger partial charge in [0.25, 0.3) is 0 Å². The van der Waals surface area contributed by atoms with Crippen LogP contribution in [0.4, 0.5) is 0 Å². The number of benzene rings is 4. The van der Waals surface area contributed by atoms with Crippen molar-refractivity contribution in [1.29, 1.82) is 0 Å². The van der Waals surface area contributed by atoms with Crippen LogP contribution in [-0.2, 0) is 20.1 Å². The molecule has 6 rings (SSSR count). The van der Waals surface area contributed by atoms with Gasteiger partial charge >= 0.3 is 0 Å². The van der Waals surface area contributed by atoms with Crippen LogP contribution in [0.5, 0.6) is 0 Å². The minimum absolute atomic E-state index is 0. The molecule has 187 valence electrons. The molecule has 6 aromatic rings. The molecule has 2 heterocycles. The minimum atomic E-state index is 0. The number of aryl methyl sites for hydroxylation is 1.